The van der Waals surface area contributed by atoms with Crippen LogP contribution < -0.4 is 0 Å². The van der Waals surface area contributed by atoms with Crippen LogP contribution in [-0.2, 0) is 4.74 Å². The van der Waals surface area contributed by atoms with Gasteiger partial charge in [-0.3, -0.25) is 0 Å². The van der Waals surface area contributed by atoms with Crippen molar-refractivity contribution >= 4 is 21.9 Å². The van der Waals surface area contributed by atoms with E-state index in [1.807, 2.05) is 0 Å². The van der Waals surface area contributed by atoms with Gasteiger partial charge in [0.05, 0.1) is 7.11 Å². The maximum Gasteiger partial charge on any atom is 0.341 e. The molecule has 0 unspecified atom stereocenters. The summed E-state index contributed by atoms with van der Waals surface area (Å²) >= 11 is 3.27. The maximum absolute atomic E-state index is 11.3. The number of aromatic hydroxyl groups is 1. The summed E-state index contributed by atoms with van der Waals surface area (Å²) in [5.41, 5.74) is 0.812. The molecule has 1 aromatic rings. The number of carbonyl (C=O) groups excluding carboxylic acids is 1. The van der Waals surface area contributed by atoms with Gasteiger partial charge in [-0.15, -0.1) is 0 Å². The molecule has 0 amide bonds. The fraction of sp³-hybridized carbons (Fsp3) is 0.250. The second-order valence-electron chi connectivity index (χ2n) is 2.96. The molecule has 84 valence electrons. The van der Waals surface area contributed by atoms with Gasteiger partial charge in [0.25, 0.3) is 0 Å². The van der Waals surface area contributed by atoms with E-state index in [0.29, 0.717) is 5.56 Å². The first-order valence-electron chi connectivity index (χ1n) is 4.65. The van der Waals surface area contributed by atoms with Crippen molar-refractivity contribution in [3.8, 4) is 17.6 Å². The molecule has 1 aromatic carbocycles. The van der Waals surface area contributed by atoms with Crippen LogP contribution >= 0.6 is 15.9 Å². The summed E-state index contributed by atoms with van der Waals surface area (Å²) in [5.74, 6) is 5.15. The molecule has 0 heterocycles. The van der Waals surface area contributed by atoms with Crippen molar-refractivity contribution in [2.45, 2.75) is 6.42 Å². The molecule has 0 aliphatic carbocycles. The molecule has 0 aliphatic rings. The van der Waals surface area contributed by atoms with Crippen molar-refractivity contribution in [3.05, 3.63) is 29.3 Å². The molecular weight excluding hydrogens is 272 g/mol. The Morgan fingerprint density at radius 1 is 1.56 bits per heavy atom. The molecule has 0 fully saturated rings. The van der Waals surface area contributed by atoms with Gasteiger partial charge in [-0.25, -0.2) is 4.79 Å². The standard InChI is InChI=1S/C12H11BrO3/c1-16-12(15)10-8-9(4-2-3-7-13)5-6-11(10)14/h5-6,8,14H,3,7H2,1H3. The Morgan fingerprint density at radius 2 is 2.31 bits per heavy atom. The van der Waals surface area contributed by atoms with Crippen LogP contribution in [-0.4, -0.2) is 23.5 Å². The minimum absolute atomic E-state index is 0.0992. The lowest BCUT2D eigenvalue weighted by Crippen LogP contribution is -2.01. The van der Waals surface area contributed by atoms with Crippen LogP contribution in [0.15, 0.2) is 18.2 Å². The number of ether oxygens (including phenoxy) is 1. The first kappa shape index (κ1) is 12.6. The van der Waals surface area contributed by atoms with Gasteiger partial charge >= 0.3 is 5.97 Å². The summed E-state index contributed by atoms with van der Waals surface area (Å²) in [7, 11) is 1.27. The zero-order valence-electron chi connectivity index (χ0n) is 8.79. The third-order valence-corrected chi connectivity index (χ3v) is 2.25. The summed E-state index contributed by atoms with van der Waals surface area (Å²) in [6.45, 7) is 0. The third kappa shape index (κ3) is 3.28. The zero-order chi connectivity index (χ0) is 12.0. The van der Waals surface area contributed by atoms with Crippen LogP contribution in [0.1, 0.15) is 22.3 Å². The summed E-state index contributed by atoms with van der Waals surface area (Å²) < 4.78 is 4.54. The van der Waals surface area contributed by atoms with Crippen LogP contribution in [0.2, 0.25) is 0 Å². The Balaban J connectivity index is 2.99. The van der Waals surface area contributed by atoms with Crippen LogP contribution in [0.25, 0.3) is 0 Å². The predicted octanol–water partition coefficient (Wildman–Crippen LogP) is 2.32. The Bertz CT molecular complexity index is 443. The predicted molar refractivity (Wildman–Crippen MR) is 64.7 cm³/mol. The molecule has 0 spiro atoms. The molecule has 16 heavy (non-hydrogen) atoms. The van der Waals surface area contributed by atoms with E-state index in [2.05, 4.69) is 32.5 Å². The highest BCUT2D eigenvalue weighted by Gasteiger charge is 2.11. The van der Waals surface area contributed by atoms with E-state index in [1.54, 1.807) is 6.07 Å². The Kier molecular flexibility index (Phi) is 4.87. The molecule has 0 bridgehead atoms. The van der Waals surface area contributed by atoms with E-state index < -0.39 is 5.97 Å². The molecule has 3 nitrogen and oxygen atoms in total. The smallest absolute Gasteiger partial charge is 0.341 e. The van der Waals surface area contributed by atoms with Crippen LogP contribution in [0, 0.1) is 11.8 Å². The normalized spacial score (nSPS) is 9.12. The van der Waals surface area contributed by atoms with Crippen molar-refractivity contribution in [1.82, 2.24) is 0 Å². The van der Waals surface area contributed by atoms with E-state index in [-0.39, 0.29) is 11.3 Å². The van der Waals surface area contributed by atoms with E-state index in [1.165, 1.54) is 19.2 Å². The lowest BCUT2D eigenvalue weighted by atomic mass is 10.1. The number of phenolic OH excluding ortho intramolecular Hbond substituents is 1. The number of methoxy groups -OCH3 is 1. The number of benzene rings is 1. The van der Waals surface area contributed by atoms with Gasteiger partial charge in [0.1, 0.15) is 11.3 Å². The lowest BCUT2D eigenvalue weighted by Gasteiger charge is -2.02. The topological polar surface area (TPSA) is 46.5 Å². The van der Waals surface area contributed by atoms with E-state index >= 15 is 0 Å². The third-order valence-electron chi connectivity index (χ3n) is 1.85. The molecular formula is C12H11BrO3. The minimum Gasteiger partial charge on any atom is -0.507 e. The average molecular weight is 283 g/mol. The fourth-order valence-corrected chi connectivity index (χ4v) is 1.30. The SMILES string of the molecule is COC(=O)c1cc(C#CCCBr)ccc1O. The van der Waals surface area contributed by atoms with E-state index in [4.69, 9.17) is 0 Å². The highest BCUT2D eigenvalue weighted by atomic mass is 79.9. The highest BCUT2D eigenvalue weighted by Crippen LogP contribution is 2.18. The van der Waals surface area contributed by atoms with Crippen molar-refractivity contribution in [1.29, 1.82) is 0 Å². The van der Waals surface area contributed by atoms with E-state index in [9.17, 15) is 9.90 Å². The van der Waals surface area contributed by atoms with Gasteiger partial charge in [-0.2, -0.15) is 0 Å². The zero-order valence-corrected chi connectivity index (χ0v) is 10.4. The first-order chi connectivity index (χ1) is 7.69. The highest BCUT2D eigenvalue weighted by molar-refractivity contribution is 9.09. The van der Waals surface area contributed by atoms with Gasteiger partial charge in [-0.1, -0.05) is 27.8 Å². The number of hydrogen-bond donors (Lipinski definition) is 1. The van der Waals surface area contributed by atoms with Crippen molar-refractivity contribution < 1.29 is 14.6 Å². The van der Waals surface area contributed by atoms with Gasteiger partial charge in [-0.05, 0) is 18.2 Å². The fourth-order valence-electron chi connectivity index (χ4n) is 1.10. The Morgan fingerprint density at radius 3 is 2.94 bits per heavy atom. The Labute approximate surface area is 103 Å². The van der Waals surface area contributed by atoms with Crippen molar-refractivity contribution in [2.24, 2.45) is 0 Å². The van der Waals surface area contributed by atoms with Crippen LogP contribution in [0.4, 0.5) is 0 Å². The number of hydrogen-bond acceptors (Lipinski definition) is 3. The molecule has 1 rings (SSSR count). The van der Waals surface area contributed by atoms with Crippen molar-refractivity contribution in [3.63, 3.8) is 0 Å². The molecule has 0 aliphatic heterocycles. The van der Waals surface area contributed by atoms with Crippen LogP contribution in [0.3, 0.4) is 0 Å². The Hall–Kier alpha value is -1.47. The number of phenols is 1. The first-order valence-corrected chi connectivity index (χ1v) is 5.77. The largest absolute Gasteiger partial charge is 0.507 e. The molecule has 0 atom stereocenters. The number of rotatable bonds is 2. The van der Waals surface area contributed by atoms with Crippen molar-refractivity contribution in [2.75, 3.05) is 12.4 Å². The monoisotopic (exact) mass is 282 g/mol. The molecule has 0 aromatic heterocycles. The minimum atomic E-state index is -0.568. The van der Waals surface area contributed by atoms with Gasteiger partial charge in [0, 0.05) is 17.3 Å². The summed E-state index contributed by atoms with van der Waals surface area (Å²) in [6.07, 6.45) is 0.731. The van der Waals surface area contributed by atoms with Gasteiger partial charge in [0.2, 0.25) is 0 Å². The van der Waals surface area contributed by atoms with Crippen LogP contribution in [0.5, 0.6) is 5.75 Å². The number of carbonyl (C=O) groups is 1. The van der Waals surface area contributed by atoms with Gasteiger partial charge < -0.3 is 9.84 Å². The number of halogens is 1. The summed E-state index contributed by atoms with van der Waals surface area (Å²) in [6, 6.07) is 4.61. The average Bonchev–Trinajstić information content (AvgIpc) is 2.30. The second kappa shape index (κ2) is 6.19. The lowest BCUT2D eigenvalue weighted by molar-refractivity contribution is 0.0597. The van der Waals surface area contributed by atoms with Gasteiger partial charge in [0.15, 0.2) is 0 Å². The molecule has 1 N–H and O–H groups in total. The number of esters is 1. The second-order valence-corrected chi connectivity index (χ2v) is 3.76. The molecule has 0 saturated heterocycles. The summed E-state index contributed by atoms with van der Waals surface area (Å²) in [4.78, 5) is 11.3. The number of alkyl halides is 1. The molecule has 0 saturated carbocycles. The molecule has 4 heteroatoms. The summed E-state index contributed by atoms with van der Waals surface area (Å²) in [5, 5.41) is 10.3. The quantitative estimate of drug-likeness (QED) is 0.514. The molecule has 0 radical (unpaired) electrons. The van der Waals surface area contributed by atoms with E-state index in [0.717, 1.165) is 11.8 Å². The maximum atomic E-state index is 11.3.